The topological polar surface area (TPSA) is 97.3 Å². The first-order chi connectivity index (χ1) is 13.1. The van der Waals surface area contributed by atoms with E-state index in [1.807, 2.05) is 24.3 Å². The molecule has 0 fully saturated rings. The minimum Gasteiger partial charge on any atom is -0.450 e. The highest BCUT2D eigenvalue weighted by Crippen LogP contribution is 2.29. The van der Waals surface area contributed by atoms with Crippen LogP contribution in [0.5, 0.6) is 0 Å². The number of carbonyl (C=O) groups is 2. The summed E-state index contributed by atoms with van der Waals surface area (Å²) in [5.41, 5.74) is 2.68. The van der Waals surface area contributed by atoms with E-state index in [9.17, 15) is 9.59 Å². The third-order valence-corrected chi connectivity index (χ3v) is 5.17. The van der Waals surface area contributed by atoms with Gasteiger partial charge in [0.1, 0.15) is 5.69 Å². The summed E-state index contributed by atoms with van der Waals surface area (Å²) >= 11 is 1.36. The minimum absolute atomic E-state index is 0.160. The van der Waals surface area contributed by atoms with Crippen molar-refractivity contribution >= 4 is 39.5 Å². The molecule has 0 bridgehead atoms. The van der Waals surface area contributed by atoms with Gasteiger partial charge in [0, 0.05) is 17.8 Å². The number of rotatable bonds is 3. The van der Waals surface area contributed by atoms with E-state index in [0.29, 0.717) is 42.5 Å². The smallest absolute Gasteiger partial charge is 0.413 e. The molecular formula is C18H17N5O3S. The van der Waals surface area contributed by atoms with Gasteiger partial charge in [0.25, 0.3) is 5.91 Å². The molecule has 0 unspecified atom stereocenters. The number of thiazole rings is 1. The fraction of sp³-hybridized carbons (Fsp3) is 0.278. The summed E-state index contributed by atoms with van der Waals surface area (Å²) in [5.74, 6) is -0.160. The average molecular weight is 383 g/mol. The molecule has 8 nitrogen and oxygen atoms in total. The minimum atomic E-state index is -0.525. The first-order valence-corrected chi connectivity index (χ1v) is 9.39. The van der Waals surface area contributed by atoms with Crippen molar-refractivity contribution in [2.45, 2.75) is 19.9 Å². The van der Waals surface area contributed by atoms with Crippen molar-refractivity contribution in [2.75, 3.05) is 18.5 Å². The fourth-order valence-corrected chi connectivity index (χ4v) is 3.91. The van der Waals surface area contributed by atoms with Gasteiger partial charge in [0.2, 0.25) is 0 Å². The van der Waals surface area contributed by atoms with Crippen molar-refractivity contribution in [3.8, 4) is 0 Å². The second kappa shape index (κ2) is 7.28. The normalized spacial score (nSPS) is 13.3. The first-order valence-electron chi connectivity index (χ1n) is 8.57. The monoisotopic (exact) mass is 383 g/mol. The molecule has 0 saturated carbocycles. The van der Waals surface area contributed by atoms with Gasteiger partial charge >= 0.3 is 6.09 Å². The van der Waals surface area contributed by atoms with Crippen LogP contribution in [0.2, 0.25) is 0 Å². The molecule has 1 aromatic carbocycles. The number of fused-ring (bicyclic) bond motifs is 2. The first kappa shape index (κ1) is 17.3. The third kappa shape index (κ3) is 3.59. The number of hydrogen-bond acceptors (Lipinski definition) is 7. The lowest BCUT2D eigenvalue weighted by Crippen LogP contribution is -2.36. The lowest BCUT2D eigenvalue weighted by Gasteiger charge is -2.25. The van der Waals surface area contributed by atoms with Crippen molar-refractivity contribution < 1.29 is 14.3 Å². The van der Waals surface area contributed by atoms with Crippen LogP contribution in [0.4, 0.5) is 9.93 Å². The number of carbonyl (C=O) groups excluding carboxylic acids is 2. The number of anilines is 1. The SMILES string of the molecule is CCOC(=O)Nc1nc2c(s1)CN(C(=O)c1cnc3ccccc3n1)CC2. The Balaban J connectivity index is 1.50. The van der Waals surface area contributed by atoms with Gasteiger partial charge in [-0.15, -0.1) is 0 Å². The van der Waals surface area contributed by atoms with E-state index < -0.39 is 6.09 Å². The number of aromatic nitrogens is 3. The predicted octanol–water partition coefficient (Wildman–Crippen LogP) is 2.85. The zero-order valence-corrected chi connectivity index (χ0v) is 15.5. The number of nitrogens with one attached hydrogen (secondary N) is 1. The summed E-state index contributed by atoms with van der Waals surface area (Å²) in [6.07, 6.45) is 1.62. The van der Waals surface area contributed by atoms with Gasteiger partial charge in [0.05, 0.1) is 36.1 Å². The van der Waals surface area contributed by atoms with Crippen molar-refractivity contribution in [2.24, 2.45) is 0 Å². The lowest BCUT2D eigenvalue weighted by molar-refractivity contribution is 0.0730. The molecule has 9 heteroatoms. The van der Waals surface area contributed by atoms with Crippen LogP contribution in [0.1, 0.15) is 28.0 Å². The highest BCUT2D eigenvalue weighted by Gasteiger charge is 2.26. The zero-order chi connectivity index (χ0) is 18.8. The molecule has 138 valence electrons. The molecule has 2 aromatic heterocycles. The molecule has 1 N–H and O–H groups in total. The van der Waals surface area contributed by atoms with E-state index in [1.54, 1.807) is 11.8 Å². The second-order valence-corrected chi connectivity index (χ2v) is 7.04. The van der Waals surface area contributed by atoms with Crippen LogP contribution in [0.25, 0.3) is 11.0 Å². The number of ether oxygens (including phenoxy) is 1. The Bertz CT molecular complexity index is 1020. The molecule has 27 heavy (non-hydrogen) atoms. The highest BCUT2D eigenvalue weighted by atomic mass is 32.1. The van der Waals surface area contributed by atoms with Crippen LogP contribution in [0.3, 0.4) is 0 Å². The summed E-state index contributed by atoms with van der Waals surface area (Å²) in [6.45, 7) is 3.02. The molecule has 1 aliphatic heterocycles. The molecular weight excluding hydrogens is 366 g/mol. The Labute approximate surface area is 159 Å². The van der Waals surface area contributed by atoms with Crippen molar-refractivity contribution in [1.29, 1.82) is 0 Å². The molecule has 0 aliphatic carbocycles. The van der Waals surface area contributed by atoms with Crippen molar-refractivity contribution in [3.63, 3.8) is 0 Å². The third-order valence-electron chi connectivity index (χ3n) is 4.17. The van der Waals surface area contributed by atoms with Gasteiger partial charge in [-0.2, -0.15) is 0 Å². The van der Waals surface area contributed by atoms with Gasteiger partial charge in [-0.25, -0.2) is 14.8 Å². The summed E-state index contributed by atoms with van der Waals surface area (Å²) in [5, 5.41) is 3.10. The lowest BCUT2D eigenvalue weighted by atomic mass is 10.1. The Morgan fingerprint density at radius 1 is 1.26 bits per heavy atom. The Morgan fingerprint density at radius 2 is 2.07 bits per heavy atom. The molecule has 0 radical (unpaired) electrons. The molecule has 1 aliphatic rings. The number of hydrogen-bond donors (Lipinski definition) is 1. The van der Waals surface area contributed by atoms with Crippen LogP contribution in [0.15, 0.2) is 30.5 Å². The second-order valence-electron chi connectivity index (χ2n) is 5.96. The summed E-state index contributed by atoms with van der Waals surface area (Å²) in [6, 6.07) is 7.45. The Morgan fingerprint density at radius 3 is 2.89 bits per heavy atom. The van der Waals surface area contributed by atoms with Crippen LogP contribution in [-0.4, -0.2) is 45.0 Å². The summed E-state index contributed by atoms with van der Waals surface area (Å²) < 4.78 is 4.87. The van der Waals surface area contributed by atoms with Gasteiger partial charge in [-0.1, -0.05) is 23.5 Å². The Kier molecular flexibility index (Phi) is 4.68. The largest absolute Gasteiger partial charge is 0.450 e. The summed E-state index contributed by atoms with van der Waals surface area (Å²) in [7, 11) is 0. The number of amides is 2. The molecule has 3 heterocycles. The molecule has 0 spiro atoms. The standard InChI is InChI=1S/C18H17N5O3S/c1-2-26-18(25)22-17-21-13-7-8-23(10-15(13)27-17)16(24)14-9-19-11-5-3-4-6-12(11)20-14/h3-6,9H,2,7-8,10H2,1H3,(H,21,22,25). The van der Waals surface area contributed by atoms with E-state index in [1.165, 1.54) is 17.5 Å². The quantitative estimate of drug-likeness (QED) is 0.747. The number of benzene rings is 1. The maximum atomic E-state index is 12.8. The number of para-hydroxylation sites is 2. The van der Waals surface area contributed by atoms with Gasteiger partial charge in [-0.3, -0.25) is 15.1 Å². The number of nitrogens with zero attached hydrogens (tertiary/aromatic N) is 4. The molecule has 2 amide bonds. The van der Waals surface area contributed by atoms with Gasteiger partial charge in [0.15, 0.2) is 5.13 Å². The predicted molar refractivity (Wildman–Crippen MR) is 101 cm³/mol. The Hall–Kier alpha value is -3.07. The molecule has 4 rings (SSSR count). The van der Waals surface area contributed by atoms with Gasteiger partial charge in [-0.05, 0) is 19.1 Å². The van der Waals surface area contributed by atoms with E-state index in [4.69, 9.17) is 4.74 Å². The van der Waals surface area contributed by atoms with Crippen LogP contribution >= 0.6 is 11.3 Å². The van der Waals surface area contributed by atoms with Crippen LogP contribution in [-0.2, 0) is 17.7 Å². The maximum absolute atomic E-state index is 12.8. The van der Waals surface area contributed by atoms with E-state index >= 15 is 0 Å². The van der Waals surface area contributed by atoms with Gasteiger partial charge < -0.3 is 9.64 Å². The van der Waals surface area contributed by atoms with Crippen LogP contribution < -0.4 is 5.32 Å². The highest BCUT2D eigenvalue weighted by molar-refractivity contribution is 7.15. The molecule has 0 atom stereocenters. The van der Waals surface area contributed by atoms with Crippen molar-refractivity contribution in [1.82, 2.24) is 19.9 Å². The fourth-order valence-electron chi connectivity index (χ4n) is 2.90. The van der Waals surface area contributed by atoms with E-state index in [2.05, 4.69) is 20.3 Å². The van der Waals surface area contributed by atoms with E-state index in [0.717, 1.165) is 16.1 Å². The van der Waals surface area contributed by atoms with Crippen LogP contribution in [0, 0.1) is 0 Å². The molecule has 3 aromatic rings. The zero-order valence-electron chi connectivity index (χ0n) is 14.6. The molecule has 0 saturated heterocycles. The summed E-state index contributed by atoms with van der Waals surface area (Å²) in [4.78, 5) is 40.2. The average Bonchev–Trinajstić information content (AvgIpc) is 3.08. The van der Waals surface area contributed by atoms with Crippen molar-refractivity contribution in [3.05, 3.63) is 46.7 Å². The van der Waals surface area contributed by atoms with E-state index in [-0.39, 0.29) is 5.91 Å². The maximum Gasteiger partial charge on any atom is 0.413 e.